The Hall–Kier alpha value is -2.03. The van der Waals surface area contributed by atoms with E-state index >= 15 is 0 Å². The average Bonchev–Trinajstić information content (AvgIpc) is 2.74. The zero-order valence-electron chi connectivity index (χ0n) is 17.8. The highest BCUT2D eigenvalue weighted by molar-refractivity contribution is 5.70. The molecule has 2 aromatic carbocycles. The minimum absolute atomic E-state index is 0.00858. The molecule has 3 heteroatoms. The highest BCUT2D eigenvalue weighted by Gasteiger charge is 2.31. The SMILES string of the molecule is CCCCCC1CCC(c2ccc(C3=CCc4c(F)cc(F)cc4C3)cc2)C(F)C1. The quantitative estimate of drug-likeness (QED) is 0.422. The highest BCUT2D eigenvalue weighted by atomic mass is 19.1. The summed E-state index contributed by atoms with van der Waals surface area (Å²) in [4.78, 5) is 0. The third-order valence-corrected chi connectivity index (χ3v) is 6.99. The molecular formula is C27H31F3. The van der Waals surface area contributed by atoms with E-state index in [1.807, 2.05) is 30.3 Å². The second-order valence-electron chi connectivity index (χ2n) is 9.05. The summed E-state index contributed by atoms with van der Waals surface area (Å²) in [6.07, 6.45) is 9.85. The predicted octanol–water partition coefficient (Wildman–Crippen LogP) is 7.95. The van der Waals surface area contributed by atoms with Crippen molar-refractivity contribution < 1.29 is 13.2 Å². The summed E-state index contributed by atoms with van der Waals surface area (Å²) in [6, 6.07) is 10.6. The minimum Gasteiger partial charge on any atom is -0.247 e. The van der Waals surface area contributed by atoms with Crippen molar-refractivity contribution in [1.82, 2.24) is 0 Å². The average molecular weight is 413 g/mol. The molecule has 30 heavy (non-hydrogen) atoms. The fourth-order valence-electron chi connectivity index (χ4n) is 5.23. The van der Waals surface area contributed by atoms with Gasteiger partial charge in [-0.3, -0.25) is 0 Å². The van der Waals surface area contributed by atoms with Crippen LogP contribution in [0.25, 0.3) is 5.57 Å². The number of alkyl halides is 1. The van der Waals surface area contributed by atoms with Gasteiger partial charge in [0.1, 0.15) is 17.8 Å². The number of fused-ring (bicyclic) bond motifs is 1. The van der Waals surface area contributed by atoms with Gasteiger partial charge in [-0.1, -0.05) is 62.9 Å². The first-order valence-corrected chi connectivity index (χ1v) is 11.5. The van der Waals surface area contributed by atoms with Gasteiger partial charge >= 0.3 is 0 Å². The van der Waals surface area contributed by atoms with E-state index in [0.717, 1.165) is 47.6 Å². The number of allylic oxidation sites excluding steroid dienone is 2. The first kappa shape index (κ1) is 21.2. The Morgan fingerprint density at radius 3 is 2.53 bits per heavy atom. The van der Waals surface area contributed by atoms with Crippen molar-refractivity contribution in [3.63, 3.8) is 0 Å². The summed E-state index contributed by atoms with van der Waals surface area (Å²) in [5, 5.41) is 0. The van der Waals surface area contributed by atoms with Gasteiger partial charge in [-0.25, -0.2) is 13.2 Å². The van der Waals surface area contributed by atoms with Gasteiger partial charge in [0, 0.05) is 12.0 Å². The van der Waals surface area contributed by atoms with E-state index in [1.54, 1.807) is 0 Å². The zero-order chi connectivity index (χ0) is 21.1. The van der Waals surface area contributed by atoms with E-state index in [0.29, 0.717) is 30.7 Å². The van der Waals surface area contributed by atoms with Crippen LogP contribution in [-0.4, -0.2) is 6.17 Å². The van der Waals surface area contributed by atoms with Gasteiger partial charge in [0.15, 0.2) is 0 Å². The zero-order valence-corrected chi connectivity index (χ0v) is 17.8. The number of unbranched alkanes of at least 4 members (excludes halogenated alkanes) is 2. The molecular weight excluding hydrogens is 381 g/mol. The third-order valence-electron chi connectivity index (χ3n) is 6.99. The number of hydrogen-bond donors (Lipinski definition) is 0. The molecule has 2 aliphatic rings. The van der Waals surface area contributed by atoms with Gasteiger partial charge in [-0.05, 0) is 71.9 Å². The number of benzene rings is 2. The molecule has 4 rings (SSSR count). The molecule has 0 aromatic heterocycles. The maximum absolute atomic E-state index is 14.9. The molecule has 0 bridgehead atoms. The molecule has 0 heterocycles. The normalized spacial score (nSPS) is 23.7. The molecule has 3 unspecified atom stereocenters. The minimum atomic E-state index is -0.761. The van der Waals surface area contributed by atoms with Gasteiger partial charge in [0.2, 0.25) is 0 Å². The van der Waals surface area contributed by atoms with Crippen molar-refractivity contribution in [3.8, 4) is 0 Å². The summed E-state index contributed by atoms with van der Waals surface area (Å²) in [6.45, 7) is 2.21. The van der Waals surface area contributed by atoms with Crippen molar-refractivity contribution in [3.05, 3.63) is 76.4 Å². The standard InChI is InChI=1S/C27H31F3/c1-2-3-4-5-18-6-12-24(26(29)14-18)20-9-7-19(8-10-20)21-11-13-25-22(15-21)16-23(28)17-27(25)30/h7-11,16-18,24,26H,2-6,12-15H2,1H3. The van der Waals surface area contributed by atoms with E-state index in [-0.39, 0.29) is 5.92 Å². The Morgan fingerprint density at radius 2 is 1.80 bits per heavy atom. The van der Waals surface area contributed by atoms with Gasteiger partial charge in [0.05, 0.1) is 0 Å². The second kappa shape index (κ2) is 9.41. The summed E-state index contributed by atoms with van der Waals surface area (Å²) < 4.78 is 42.5. The van der Waals surface area contributed by atoms with E-state index in [4.69, 9.17) is 0 Å². The first-order valence-electron chi connectivity index (χ1n) is 11.5. The fraction of sp³-hybridized carbons (Fsp3) is 0.481. The molecule has 3 atom stereocenters. The molecule has 2 aliphatic carbocycles. The van der Waals surface area contributed by atoms with Crippen molar-refractivity contribution in [2.24, 2.45) is 5.92 Å². The molecule has 160 valence electrons. The van der Waals surface area contributed by atoms with Crippen molar-refractivity contribution in [2.45, 2.75) is 76.8 Å². The van der Waals surface area contributed by atoms with Gasteiger partial charge < -0.3 is 0 Å². The van der Waals surface area contributed by atoms with E-state index in [1.165, 1.54) is 25.3 Å². The summed E-state index contributed by atoms with van der Waals surface area (Å²) in [7, 11) is 0. The van der Waals surface area contributed by atoms with Crippen LogP contribution in [0.4, 0.5) is 13.2 Å². The van der Waals surface area contributed by atoms with Crippen LogP contribution in [0.1, 0.15) is 80.0 Å². The molecule has 0 radical (unpaired) electrons. The first-order chi connectivity index (χ1) is 14.5. The van der Waals surface area contributed by atoms with Crippen LogP contribution in [0.5, 0.6) is 0 Å². The second-order valence-corrected chi connectivity index (χ2v) is 9.05. The number of hydrogen-bond acceptors (Lipinski definition) is 0. The van der Waals surface area contributed by atoms with Crippen LogP contribution in [0, 0.1) is 17.6 Å². The Balaban J connectivity index is 1.41. The van der Waals surface area contributed by atoms with Crippen LogP contribution in [0.3, 0.4) is 0 Å². The van der Waals surface area contributed by atoms with Crippen LogP contribution >= 0.6 is 0 Å². The van der Waals surface area contributed by atoms with Crippen LogP contribution in [-0.2, 0) is 12.8 Å². The van der Waals surface area contributed by atoms with Gasteiger partial charge in [-0.2, -0.15) is 0 Å². The predicted molar refractivity (Wildman–Crippen MR) is 117 cm³/mol. The lowest BCUT2D eigenvalue weighted by Gasteiger charge is -2.32. The van der Waals surface area contributed by atoms with Crippen molar-refractivity contribution in [1.29, 1.82) is 0 Å². The van der Waals surface area contributed by atoms with Crippen LogP contribution in [0.15, 0.2) is 42.5 Å². The molecule has 0 saturated heterocycles. The van der Waals surface area contributed by atoms with E-state index in [9.17, 15) is 13.2 Å². The topological polar surface area (TPSA) is 0 Å². The number of rotatable bonds is 6. The Kier molecular flexibility index (Phi) is 6.65. The van der Waals surface area contributed by atoms with E-state index in [2.05, 4.69) is 6.92 Å². The maximum Gasteiger partial charge on any atom is 0.129 e. The van der Waals surface area contributed by atoms with Gasteiger partial charge in [0.25, 0.3) is 0 Å². The molecule has 1 saturated carbocycles. The largest absolute Gasteiger partial charge is 0.247 e. The lowest BCUT2D eigenvalue weighted by molar-refractivity contribution is 0.162. The summed E-state index contributed by atoms with van der Waals surface area (Å²) in [5.74, 6) is -0.460. The monoisotopic (exact) mass is 412 g/mol. The number of halogens is 3. The fourth-order valence-corrected chi connectivity index (χ4v) is 5.23. The molecule has 0 spiro atoms. The van der Waals surface area contributed by atoms with Crippen LogP contribution < -0.4 is 0 Å². The van der Waals surface area contributed by atoms with Crippen molar-refractivity contribution in [2.75, 3.05) is 0 Å². The smallest absolute Gasteiger partial charge is 0.129 e. The Labute approximate surface area is 178 Å². The molecule has 0 amide bonds. The molecule has 1 fully saturated rings. The van der Waals surface area contributed by atoms with Crippen molar-refractivity contribution >= 4 is 5.57 Å². The maximum atomic E-state index is 14.9. The summed E-state index contributed by atoms with van der Waals surface area (Å²) >= 11 is 0. The lowest BCUT2D eigenvalue weighted by atomic mass is 9.75. The highest BCUT2D eigenvalue weighted by Crippen LogP contribution is 2.40. The molecule has 0 nitrogen and oxygen atoms in total. The molecule has 0 aliphatic heterocycles. The third kappa shape index (κ3) is 4.66. The lowest BCUT2D eigenvalue weighted by Crippen LogP contribution is -2.24. The van der Waals surface area contributed by atoms with E-state index < -0.39 is 17.8 Å². The molecule has 2 aromatic rings. The van der Waals surface area contributed by atoms with Crippen LogP contribution in [0.2, 0.25) is 0 Å². The Morgan fingerprint density at radius 1 is 1.00 bits per heavy atom. The molecule has 0 N–H and O–H groups in total. The Bertz CT molecular complexity index is 897. The summed E-state index contributed by atoms with van der Waals surface area (Å²) in [5.41, 5.74) is 4.52. The van der Waals surface area contributed by atoms with Gasteiger partial charge in [-0.15, -0.1) is 0 Å².